The summed E-state index contributed by atoms with van der Waals surface area (Å²) in [6, 6.07) is 1.81. The molecule has 158 valence electrons. The summed E-state index contributed by atoms with van der Waals surface area (Å²) in [5, 5.41) is 22.6. The Morgan fingerprint density at radius 2 is 1.97 bits per heavy atom. The first-order valence-electron chi connectivity index (χ1n) is 10.4. The molecule has 0 radical (unpaired) electrons. The highest BCUT2D eigenvalue weighted by atomic mass is 35.5. The van der Waals surface area contributed by atoms with E-state index >= 15 is 0 Å². The van der Waals surface area contributed by atoms with Crippen molar-refractivity contribution in [3.8, 4) is 0 Å². The summed E-state index contributed by atoms with van der Waals surface area (Å²) < 4.78 is 7.94. The number of halogens is 1. The van der Waals surface area contributed by atoms with Gasteiger partial charge in [-0.1, -0.05) is 11.6 Å². The average molecular weight is 422 g/mol. The molecule has 0 amide bonds. The zero-order valence-electron chi connectivity index (χ0n) is 16.6. The van der Waals surface area contributed by atoms with Gasteiger partial charge in [0.15, 0.2) is 6.23 Å². The third-order valence-electron chi connectivity index (χ3n) is 7.13. The van der Waals surface area contributed by atoms with E-state index in [4.69, 9.17) is 16.3 Å². The van der Waals surface area contributed by atoms with Gasteiger partial charge in [-0.05, 0) is 58.4 Å². The minimum absolute atomic E-state index is 0.208. The molecule has 0 saturated carbocycles. The molecule has 5 rings (SSSR count). The summed E-state index contributed by atoms with van der Waals surface area (Å²) in [5.41, 5.74) is 0.800. The molecule has 3 aliphatic rings. The van der Waals surface area contributed by atoms with Crippen molar-refractivity contribution < 1.29 is 14.9 Å². The lowest BCUT2D eigenvalue weighted by Gasteiger charge is -2.45. The average Bonchev–Trinajstić information content (AvgIpc) is 3.38. The van der Waals surface area contributed by atoms with Crippen LogP contribution in [-0.2, 0) is 4.74 Å². The first kappa shape index (κ1) is 19.7. The minimum atomic E-state index is -1.03. The molecule has 0 unspecified atom stereocenters. The molecule has 2 aromatic rings. The second-order valence-electron chi connectivity index (χ2n) is 8.75. The lowest BCUT2D eigenvalue weighted by molar-refractivity contribution is -0.0569. The van der Waals surface area contributed by atoms with Gasteiger partial charge in [-0.15, -0.1) is 0 Å². The molecule has 8 nitrogen and oxygen atoms in total. The van der Waals surface area contributed by atoms with Gasteiger partial charge in [0.25, 0.3) is 0 Å². The quantitative estimate of drug-likeness (QED) is 0.721. The smallest absolute Gasteiger partial charge is 0.164 e. The van der Waals surface area contributed by atoms with Gasteiger partial charge in [0.1, 0.15) is 35.4 Å². The lowest BCUT2D eigenvalue weighted by Crippen LogP contribution is -2.54. The Bertz CT molecular complexity index is 884. The van der Waals surface area contributed by atoms with Crippen LogP contribution in [0.5, 0.6) is 0 Å². The fourth-order valence-corrected chi connectivity index (χ4v) is 5.54. The molecule has 4 atom stereocenters. The third-order valence-corrected chi connectivity index (χ3v) is 7.43. The van der Waals surface area contributed by atoms with Crippen molar-refractivity contribution in [3.05, 3.63) is 23.7 Å². The van der Waals surface area contributed by atoms with Crippen molar-refractivity contribution in [2.45, 2.75) is 55.8 Å². The lowest BCUT2D eigenvalue weighted by atomic mass is 9.85. The predicted molar refractivity (Wildman–Crippen MR) is 109 cm³/mol. The van der Waals surface area contributed by atoms with Gasteiger partial charge in [-0.3, -0.25) is 4.90 Å². The number of nitrogens with zero attached hydrogens (tertiary/aromatic N) is 5. The summed E-state index contributed by atoms with van der Waals surface area (Å²) in [6.07, 6.45) is 4.73. The van der Waals surface area contributed by atoms with Crippen molar-refractivity contribution in [1.29, 1.82) is 0 Å². The van der Waals surface area contributed by atoms with Crippen LogP contribution < -0.4 is 0 Å². The summed E-state index contributed by atoms with van der Waals surface area (Å²) in [4.78, 5) is 13.2. The fraction of sp³-hybridized carbons (Fsp3) is 0.700. The van der Waals surface area contributed by atoms with Crippen molar-refractivity contribution in [1.82, 2.24) is 24.3 Å². The molecule has 29 heavy (non-hydrogen) atoms. The Morgan fingerprint density at radius 1 is 1.17 bits per heavy atom. The van der Waals surface area contributed by atoms with Gasteiger partial charge in [0.2, 0.25) is 0 Å². The maximum Gasteiger partial charge on any atom is 0.164 e. The minimum Gasteiger partial charge on any atom is -0.387 e. The zero-order valence-corrected chi connectivity index (χ0v) is 17.4. The second kappa shape index (κ2) is 7.44. The van der Waals surface area contributed by atoms with Crippen LogP contribution in [0, 0.1) is 0 Å². The number of aromatic nitrogens is 3. The van der Waals surface area contributed by atoms with Gasteiger partial charge in [-0.25, -0.2) is 9.97 Å². The Morgan fingerprint density at radius 3 is 2.76 bits per heavy atom. The van der Waals surface area contributed by atoms with Crippen LogP contribution in [0.3, 0.4) is 0 Å². The highest BCUT2D eigenvalue weighted by Gasteiger charge is 2.49. The highest BCUT2D eigenvalue weighted by molar-refractivity contribution is 6.33. The maximum absolute atomic E-state index is 10.8. The fourth-order valence-electron chi connectivity index (χ4n) is 5.35. The third kappa shape index (κ3) is 3.26. The standard InChI is InChI=1S/C20H28ClN5O3/c1-24-9-5-20(6-10-24)4-2-7-25(20)11-14-15(27)16(28)19(29-14)26-8-3-13-17(21)22-12-23-18(13)26/h3,8,12,14-16,19,27-28H,2,4-7,9-11H2,1H3/t14-,15-,16-,19-/m1/s1. The molecule has 0 aliphatic carbocycles. The number of piperidine rings is 1. The number of aliphatic hydroxyl groups excluding tert-OH is 2. The van der Waals surface area contributed by atoms with Crippen molar-refractivity contribution >= 4 is 22.6 Å². The summed E-state index contributed by atoms with van der Waals surface area (Å²) >= 11 is 6.15. The molecule has 2 N–H and O–H groups in total. The molecular weight excluding hydrogens is 394 g/mol. The molecule has 0 aromatic carbocycles. The summed E-state index contributed by atoms with van der Waals surface area (Å²) in [6.45, 7) is 3.86. The van der Waals surface area contributed by atoms with Crippen LogP contribution in [0.15, 0.2) is 18.6 Å². The van der Waals surface area contributed by atoms with E-state index in [2.05, 4.69) is 26.8 Å². The van der Waals surface area contributed by atoms with Gasteiger partial charge in [0.05, 0.1) is 5.39 Å². The monoisotopic (exact) mass is 421 g/mol. The van der Waals surface area contributed by atoms with E-state index in [9.17, 15) is 10.2 Å². The first-order valence-corrected chi connectivity index (χ1v) is 10.8. The number of hydrogen-bond acceptors (Lipinski definition) is 7. The van der Waals surface area contributed by atoms with E-state index in [1.165, 1.54) is 19.2 Å². The van der Waals surface area contributed by atoms with Crippen molar-refractivity contribution in [2.75, 3.05) is 33.2 Å². The second-order valence-corrected chi connectivity index (χ2v) is 9.11. The molecule has 1 spiro atoms. The molecule has 2 aromatic heterocycles. The number of hydrogen-bond donors (Lipinski definition) is 2. The number of aliphatic hydroxyl groups is 2. The first-order chi connectivity index (χ1) is 14.0. The molecule has 3 aliphatic heterocycles. The van der Waals surface area contributed by atoms with E-state index in [0.717, 1.165) is 32.5 Å². The molecule has 3 fully saturated rings. The van der Waals surface area contributed by atoms with Gasteiger partial charge >= 0.3 is 0 Å². The summed E-state index contributed by atoms with van der Waals surface area (Å²) in [7, 11) is 2.17. The van der Waals surface area contributed by atoms with Gasteiger partial charge in [0, 0.05) is 18.3 Å². The van der Waals surface area contributed by atoms with E-state index < -0.39 is 24.5 Å². The largest absolute Gasteiger partial charge is 0.387 e. The Balaban J connectivity index is 1.35. The summed E-state index contributed by atoms with van der Waals surface area (Å²) in [5.74, 6) is 0. The normalized spacial score (nSPS) is 33.2. The van der Waals surface area contributed by atoms with Crippen LogP contribution in [0.4, 0.5) is 0 Å². The van der Waals surface area contributed by atoms with E-state index in [-0.39, 0.29) is 5.54 Å². The van der Waals surface area contributed by atoms with Crippen LogP contribution in [0.25, 0.3) is 11.0 Å². The highest BCUT2D eigenvalue weighted by Crippen LogP contribution is 2.40. The topological polar surface area (TPSA) is 86.9 Å². The van der Waals surface area contributed by atoms with Gasteiger partial charge < -0.3 is 24.4 Å². The molecule has 9 heteroatoms. The zero-order chi connectivity index (χ0) is 20.2. The molecule has 0 bridgehead atoms. The molecular formula is C20H28ClN5O3. The number of fused-ring (bicyclic) bond motifs is 1. The van der Waals surface area contributed by atoms with Crippen LogP contribution in [0.1, 0.15) is 31.9 Å². The number of rotatable bonds is 3. The Kier molecular flexibility index (Phi) is 5.04. The van der Waals surface area contributed by atoms with Gasteiger partial charge in [-0.2, -0.15) is 0 Å². The Hall–Kier alpha value is -1.29. The van der Waals surface area contributed by atoms with E-state index in [1.807, 2.05) is 0 Å². The van der Waals surface area contributed by atoms with E-state index in [0.29, 0.717) is 22.7 Å². The maximum atomic E-state index is 10.8. The van der Waals surface area contributed by atoms with Crippen LogP contribution in [-0.4, -0.2) is 91.6 Å². The van der Waals surface area contributed by atoms with Crippen LogP contribution in [0.2, 0.25) is 5.15 Å². The van der Waals surface area contributed by atoms with Crippen molar-refractivity contribution in [2.24, 2.45) is 0 Å². The number of likely N-dealkylation sites (tertiary alicyclic amines) is 2. The predicted octanol–water partition coefficient (Wildman–Crippen LogP) is 1.26. The molecule has 5 heterocycles. The number of ether oxygens (including phenoxy) is 1. The Labute approximate surface area is 175 Å². The van der Waals surface area contributed by atoms with E-state index in [1.54, 1.807) is 16.8 Å². The van der Waals surface area contributed by atoms with Crippen LogP contribution >= 0.6 is 11.6 Å². The van der Waals surface area contributed by atoms with Crippen molar-refractivity contribution in [3.63, 3.8) is 0 Å². The SMILES string of the molecule is CN1CCC2(CCCN2C[C@H]2O[C@@H](n3ccc4c(Cl)ncnc43)[C@H](O)[C@@H]2O)CC1. The molecule has 3 saturated heterocycles.